The average molecular weight is 297 g/mol. The quantitative estimate of drug-likeness (QED) is 0.794. The van der Waals surface area contributed by atoms with Crippen molar-refractivity contribution in [2.75, 3.05) is 11.9 Å². The number of carbonyl (C=O) groups excluding carboxylic acids is 1. The van der Waals surface area contributed by atoms with E-state index in [0.717, 1.165) is 17.7 Å². The van der Waals surface area contributed by atoms with Gasteiger partial charge in [0.15, 0.2) is 5.13 Å². The van der Waals surface area contributed by atoms with Crippen molar-refractivity contribution in [3.8, 4) is 0 Å². The minimum Gasteiger partial charge on any atom is -0.387 e. The average Bonchev–Trinajstić information content (AvgIpc) is 3.06. The number of rotatable bonds is 5. The Hall–Kier alpha value is -1.44. The van der Waals surface area contributed by atoms with E-state index < -0.39 is 6.10 Å². The molecule has 0 radical (unpaired) electrons. The van der Waals surface area contributed by atoms with E-state index in [1.54, 1.807) is 0 Å². The van der Waals surface area contributed by atoms with Gasteiger partial charge in [-0.05, 0) is 28.8 Å². The van der Waals surface area contributed by atoms with E-state index in [1.165, 1.54) is 22.7 Å². The summed E-state index contributed by atoms with van der Waals surface area (Å²) < 4.78 is 0. The van der Waals surface area contributed by atoms with Crippen LogP contribution in [0.3, 0.4) is 0 Å². The highest BCUT2D eigenvalue weighted by Gasteiger charge is 2.10. The number of hydrogen-bond donors (Lipinski definition) is 3. The van der Waals surface area contributed by atoms with Crippen LogP contribution in [-0.4, -0.2) is 22.7 Å². The summed E-state index contributed by atoms with van der Waals surface area (Å²) in [5.74, 6) is 0. The highest BCUT2D eigenvalue weighted by atomic mass is 32.1. The highest BCUT2D eigenvalue weighted by molar-refractivity contribution is 7.13. The van der Waals surface area contributed by atoms with Crippen LogP contribution in [-0.2, 0) is 6.42 Å². The van der Waals surface area contributed by atoms with Crippen molar-refractivity contribution in [2.45, 2.75) is 19.4 Å². The van der Waals surface area contributed by atoms with Crippen LogP contribution in [0.5, 0.6) is 0 Å². The lowest BCUT2D eigenvalue weighted by Crippen LogP contribution is -2.32. The molecular weight excluding hydrogens is 282 g/mol. The van der Waals surface area contributed by atoms with Crippen LogP contribution in [0.2, 0.25) is 0 Å². The third-order valence-corrected chi connectivity index (χ3v) is 4.03. The molecule has 2 heterocycles. The fourth-order valence-corrected chi connectivity index (χ4v) is 2.94. The molecule has 2 amide bonds. The molecular formula is C12H15N3O2S2. The first-order valence-corrected chi connectivity index (χ1v) is 7.70. The summed E-state index contributed by atoms with van der Waals surface area (Å²) in [6.45, 7) is 2.19. The number of aliphatic hydroxyl groups excluding tert-OH is 1. The van der Waals surface area contributed by atoms with Gasteiger partial charge in [-0.3, -0.25) is 5.32 Å². The molecule has 0 aromatic carbocycles. The second-order valence-electron chi connectivity index (χ2n) is 3.91. The zero-order valence-corrected chi connectivity index (χ0v) is 12.1. The van der Waals surface area contributed by atoms with Crippen LogP contribution in [0.4, 0.5) is 9.93 Å². The molecule has 2 rings (SSSR count). The number of hydrogen-bond acceptors (Lipinski definition) is 5. The Morgan fingerprint density at radius 3 is 3.00 bits per heavy atom. The van der Waals surface area contributed by atoms with Gasteiger partial charge in [-0.15, -0.1) is 11.3 Å². The van der Waals surface area contributed by atoms with Gasteiger partial charge in [-0.1, -0.05) is 6.92 Å². The van der Waals surface area contributed by atoms with Crippen molar-refractivity contribution >= 4 is 33.8 Å². The number of aryl methyl sites for hydroxylation is 1. The van der Waals surface area contributed by atoms with E-state index in [1.807, 2.05) is 29.1 Å². The van der Waals surface area contributed by atoms with Gasteiger partial charge in [-0.25, -0.2) is 9.78 Å². The lowest BCUT2D eigenvalue weighted by Gasteiger charge is -2.10. The van der Waals surface area contributed by atoms with Crippen molar-refractivity contribution < 1.29 is 9.90 Å². The maximum Gasteiger partial charge on any atom is 0.321 e. The Bertz CT molecular complexity index is 525. The Balaban J connectivity index is 1.78. The van der Waals surface area contributed by atoms with Crippen LogP contribution >= 0.6 is 22.7 Å². The largest absolute Gasteiger partial charge is 0.387 e. The van der Waals surface area contributed by atoms with Gasteiger partial charge in [0.25, 0.3) is 0 Å². The second-order valence-corrected chi connectivity index (χ2v) is 5.54. The molecule has 0 aliphatic heterocycles. The van der Waals surface area contributed by atoms with E-state index >= 15 is 0 Å². The molecule has 0 bridgehead atoms. The lowest BCUT2D eigenvalue weighted by atomic mass is 10.2. The Morgan fingerprint density at radius 2 is 2.37 bits per heavy atom. The number of aromatic nitrogens is 1. The van der Waals surface area contributed by atoms with Crippen LogP contribution in [0.25, 0.3) is 0 Å². The van der Waals surface area contributed by atoms with Crippen molar-refractivity contribution in [2.24, 2.45) is 0 Å². The fraction of sp³-hybridized carbons (Fsp3) is 0.333. The van der Waals surface area contributed by atoms with Crippen molar-refractivity contribution in [3.05, 3.63) is 33.5 Å². The molecule has 19 heavy (non-hydrogen) atoms. The van der Waals surface area contributed by atoms with Crippen molar-refractivity contribution in [3.63, 3.8) is 0 Å². The molecule has 0 aliphatic carbocycles. The number of thiophene rings is 1. The van der Waals surface area contributed by atoms with E-state index in [-0.39, 0.29) is 12.6 Å². The summed E-state index contributed by atoms with van der Waals surface area (Å²) >= 11 is 2.90. The molecule has 3 N–H and O–H groups in total. The van der Waals surface area contributed by atoms with Gasteiger partial charge in [0.1, 0.15) is 0 Å². The number of amides is 2. The number of aliphatic hydroxyl groups is 1. The summed E-state index contributed by atoms with van der Waals surface area (Å²) in [7, 11) is 0. The predicted octanol–water partition coefficient (Wildman–Crippen LogP) is 2.62. The fourth-order valence-electron chi connectivity index (χ4n) is 1.44. The standard InChI is InChI=1S/C12H15N3O2S2/c1-2-9-7-19-12(14-9)15-11(17)13-5-10(16)8-3-4-18-6-8/h3-4,6-7,10,16H,2,5H2,1H3,(H2,13,14,15,17). The number of carbonyl (C=O) groups is 1. The Morgan fingerprint density at radius 1 is 1.53 bits per heavy atom. The van der Waals surface area contributed by atoms with Gasteiger partial charge in [0, 0.05) is 11.9 Å². The third-order valence-electron chi connectivity index (χ3n) is 2.52. The maximum absolute atomic E-state index is 11.6. The molecule has 0 spiro atoms. The monoisotopic (exact) mass is 297 g/mol. The van der Waals surface area contributed by atoms with Gasteiger partial charge in [0.2, 0.25) is 0 Å². The summed E-state index contributed by atoms with van der Waals surface area (Å²) in [4.78, 5) is 15.9. The highest BCUT2D eigenvalue weighted by Crippen LogP contribution is 2.16. The minimum absolute atomic E-state index is 0.175. The summed E-state index contributed by atoms with van der Waals surface area (Å²) in [5, 5.41) is 21.3. The van der Waals surface area contributed by atoms with Crippen LogP contribution < -0.4 is 10.6 Å². The van der Waals surface area contributed by atoms with E-state index in [4.69, 9.17) is 0 Å². The first-order chi connectivity index (χ1) is 9.19. The lowest BCUT2D eigenvalue weighted by molar-refractivity contribution is 0.175. The summed E-state index contributed by atoms with van der Waals surface area (Å²) in [6.07, 6.45) is 0.163. The molecule has 0 fully saturated rings. The predicted molar refractivity (Wildman–Crippen MR) is 77.8 cm³/mol. The van der Waals surface area contributed by atoms with Gasteiger partial charge < -0.3 is 10.4 Å². The normalized spacial score (nSPS) is 12.1. The number of thiazole rings is 1. The molecule has 1 unspecified atom stereocenters. The molecule has 1 atom stereocenters. The number of anilines is 1. The molecule has 2 aromatic rings. The van der Waals surface area contributed by atoms with Gasteiger partial charge >= 0.3 is 6.03 Å². The van der Waals surface area contributed by atoms with Crippen molar-refractivity contribution in [1.82, 2.24) is 10.3 Å². The van der Waals surface area contributed by atoms with Crippen molar-refractivity contribution in [1.29, 1.82) is 0 Å². The third kappa shape index (κ3) is 4.02. The zero-order chi connectivity index (χ0) is 13.7. The Kier molecular flexibility index (Phi) is 4.89. The van der Waals surface area contributed by atoms with E-state index in [9.17, 15) is 9.90 Å². The van der Waals surface area contributed by atoms with Gasteiger partial charge in [-0.2, -0.15) is 11.3 Å². The van der Waals surface area contributed by atoms with E-state index in [0.29, 0.717) is 5.13 Å². The SMILES string of the molecule is CCc1csc(NC(=O)NCC(O)c2ccsc2)n1. The molecule has 0 saturated carbocycles. The number of nitrogens with one attached hydrogen (secondary N) is 2. The number of urea groups is 1. The second kappa shape index (κ2) is 6.65. The van der Waals surface area contributed by atoms with Crippen LogP contribution in [0, 0.1) is 0 Å². The molecule has 2 aromatic heterocycles. The topological polar surface area (TPSA) is 74.2 Å². The maximum atomic E-state index is 11.6. The molecule has 102 valence electrons. The summed E-state index contributed by atoms with van der Waals surface area (Å²) in [5.41, 5.74) is 1.77. The Labute approximate surface area is 119 Å². The smallest absolute Gasteiger partial charge is 0.321 e. The molecule has 7 heteroatoms. The van der Waals surface area contributed by atoms with Crippen LogP contribution in [0.1, 0.15) is 24.3 Å². The van der Waals surface area contributed by atoms with E-state index in [2.05, 4.69) is 15.6 Å². The summed E-state index contributed by atoms with van der Waals surface area (Å²) in [6, 6.07) is 1.48. The molecule has 0 aliphatic rings. The minimum atomic E-state index is -0.681. The number of nitrogens with zero attached hydrogens (tertiary/aromatic N) is 1. The van der Waals surface area contributed by atoms with Gasteiger partial charge in [0.05, 0.1) is 11.8 Å². The molecule has 0 saturated heterocycles. The first kappa shape index (κ1) is 14.0. The first-order valence-electron chi connectivity index (χ1n) is 5.88. The molecule has 5 nitrogen and oxygen atoms in total. The van der Waals surface area contributed by atoms with Crippen LogP contribution in [0.15, 0.2) is 22.2 Å². The zero-order valence-electron chi connectivity index (χ0n) is 10.4.